The third-order valence-corrected chi connectivity index (χ3v) is 14.5. The number of para-hydroxylation sites is 1. The molecule has 13 rings (SSSR count). The molecule has 1 aromatic heterocycles. The summed E-state index contributed by atoms with van der Waals surface area (Å²) in [7, 11) is 0. The Bertz CT molecular complexity index is 3690. The lowest BCUT2D eigenvalue weighted by molar-refractivity contribution is 0.767. The number of hydrogen-bond donors (Lipinski definition) is 0. The van der Waals surface area contributed by atoms with Gasteiger partial charge in [0, 0.05) is 33.7 Å². The first-order valence-corrected chi connectivity index (χ1v) is 24.5. The fraction of sp³-hybridized carbons (Fsp3) is 0.0145. The molecular weight excluding hydrogens is 857 g/mol. The highest BCUT2D eigenvalue weighted by Crippen LogP contribution is 2.58. The summed E-state index contributed by atoms with van der Waals surface area (Å²) < 4.78 is 2.50. The van der Waals surface area contributed by atoms with Crippen molar-refractivity contribution in [2.75, 3.05) is 4.90 Å². The molecule has 71 heavy (non-hydrogen) atoms. The van der Waals surface area contributed by atoms with E-state index in [0.717, 1.165) is 22.7 Å². The molecule has 0 spiro atoms. The van der Waals surface area contributed by atoms with Crippen LogP contribution in [0.3, 0.4) is 0 Å². The Morgan fingerprint density at radius 1 is 0.296 bits per heavy atom. The molecule has 0 N–H and O–H groups in total. The first-order chi connectivity index (χ1) is 35.2. The molecule has 0 saturated heterocycles. The first-order valence-electron chi connectivity index (χ1n) is 24.5. The molecule has 334 valence electrons. The highest BCUT2D eigenvalue weighted by atomic mass is 15.1. The Balaban J connectivity index is 1.05. The molecule has 2 heteroatoms. The monoisotopic (exact) mass is 904 g/mol. The molecular formula is C69H48N2. The Hall–Kier alpha value is -9.24. The van der Waals surface area contributed by atoms with Gasteiger partial charge in [-0.25, -0.2) is 0 Å². The molecule has 1 heterocycles. The van der Waals surface area contributed by atoms with Crippen LogP contribution < -0.4 is 4.90 Å². The second-order valence-electron chi connectivity index (χ2n) is 18.4. The summed E-state index contributed by atoms with van der Waals surface area (Å²) >= 11 is 0. The van der Waals surface area contributed by atoms with E-state index in [2.05, 4.69) is 301 Å². The maximum Gasteiger partial charge on any atom is 0.0715 e. The molecule has 0 aliphatic heterocycles. The molecule has 0 fully saturated rings. The van der Waals surface area contributed by atoms with Crippen LogP contribution in [-0.2, 0) is 5.41 Å². The zero-order valence-electron chi connectivity index (χ0n) is 39.1. The van der Waals surface area contributed by atoms with Gasteiger partial charge in [-0.3, -0.25) is 0 Å². The molecule has 0 radical (unpaired) electrons. The van der Waals surface area contributed by atoms with E-state index in [9.17, 15) is 0 Å². The van der Waals surface area contributed by atoms with E-state index < -0.39 is 5.41 Å². The van der Waals surface area contributed by atoms with Crippen LogP contribution in [0.2, 0.25) is 0 Å². The molecule has 0 amide bonds. The van der Waals surface area contributed by atoms with Crippen LogP contribution in [0.15, 0.2) is 291 Å². The Kier molecular flexibility index (Phi) is 10.4. The van der Waals surface area contributed by atoms with Crippen LogP contribution in [-0.4, -0.2) is 4.57 Å². The summed E-state index contributed by atoms with van der Waals surface area (Å²) in [4.78, 5) is 2.42. The van der Waals surface area contributed by atoms with Gasteiger partial charge >= 0.3 is 0 Å². The summed E-state index contributed by atoms with van der Waals surface area (Å²) in [5.41, 5.74) is 21.8. The van der Waals surface area contributed by atoms with Gasteiger partial charge in [0.2, 0.25) is 0 Å². The number of aromatic nitrogens is 1. The number of hydrogen-bond acceptors (Lipinski definition) is 1. The maximum atomic E-state index is 2.50. The first kappa shape index (κ1) is 41.9. The van der Waals surface area contributed by atoms with Crippen molar-refractivity contribution in [1.82, 2.24) is 4.57 Å². The lowest BCUT2D eigenvalue weighted by atomic mass is 9.67. The molecule has 1 aliphatic carbocycles. The lowest BCUT2D eigenvalue weighted by Crippen LogP contribution is -2.29. The van der Waals surface area contributed by atoms with E-state index in [1.165, 1.54) is 88.9 Å². The third kappa shape index (κ3) is 7.11. The molecule has 0 unspecified atom stereocenters. The number of nitrogens with zero attached hydrogens (tertiary/aromatic N) is 2. The van der Waals surface area contributed by atoms with E-state index in [0.29, 0.717) is 0 Å². The molecule has 12 aromatic rings. The normalized spacial score (nSPS) is 12.3. The van der Waals surface area contributed by atoms with E-state index in [4.69, 9.17) is 0 Å². The van der Waals surface area contributed by atoms with Gasteiger partial charge in [0.05, 0.1) is 16.6 Å². The van der Waals surface area contributed by atoms with Gasteiger partial charge in [-0.05, 0) is 121 Å². The minimum absolute atomic E-state index is 0.669. The average molecular weight is 905 g/mol. The average Bonchev–Trinajstić information content (AvgIpc) is 3.96. The molecule has 0 atom stereocenters. The summed E-state index contributed by atoms with van der Waals surface area (Å²) in [6.45, 7) is 0. The van der Waals surface area contributed by atoms with Crippen LogP contribution >= 0.6 is 0 Å². The van der Waals surface area contributed by atoms with Gasteiger partial charge in [-0.2, -0.15) is 0 Å². The van der Waals surface area contributed by atoms with Crippen molar-refractivity contribution in [2.45, 2.75) is 5.41 Å². The lowest BCUT2D eigenvalue weighted by Gasteiger charge is -2.35. The second-order valence-corrected chi connectivity index (χ2v) is 18.4. The van der Waals surface area contributed by atoms with E-state index >= 15 is 0 Å². The maximum absolute atomic E-state index is 2.50. The van der Waals surface area contributed by atoms with Gasteiger partial charge in [0.25, 0.3) is 0 Å². The highest BCUT2D eigenvalue weighted by molar-refractivity contribution is 6.06. The summed E-state index contributed by atoms with van der Waals surface area (Å²) in [6, 6.07) is 107. The highest BCUT2D eigenvalue weighted by Gasteiger charge is 2.47. The molecule has 11 aromatic carbocycles. The van der Waals surface area contributed by atoms with Crippen molar-refractivity contribution >= 4 is 28.0 Å². The van der Waals surface area contributed by atoms with Crippen LogP contribution in [0.4, 0.5) is 17.1 Å². The van der Waals surface area contributed by atoms with Crippen molar-refractivity contribution in [1.29, 1.82) is 0 Å². The number of anilines is 3. The standard InChI is InChI=1S/C69H48N2/c1-7-21-49(22-8-1)51-35-39-57(40-36-51)70(58-41-37-52(38-42-58)50-23-9-2-10-24-50)59-43-45-61-62-46-44-60(48-65(62)69(64(61)47-59,55-29-15-5-16-30-55)56-31-17-6-18-32-56)71-66-34-20-19-33-63(66)67(53-25-11-3-12-26-53)68(71)54-27-13-4-14-28-54/h1-48H. The zero-order valence-corrected chi connectivity index (χ0v) is 39.1. The van der Waals surface area contributed by atoms with Crippen molar-refractivity contribution in [3.8, 4) is 61.5 Å². The van der Waals surface area contributed by atoms with Crippen molar-refractivity contribution in [2.24, 2.45) is 0 Å². The smallest absolute Gasteiger partial charge is 0.0715 e. The summed E-state index contributed by atoms with van der Waals surface area (Å²) in [5, 5.41) is 1.22. The Morgan fingerprint density at radius 2 is 0.690 bits per heavy atom. The Morgan fingerprint density at radius 3 is 1.21 bits per heavy atom. The minimum Gasteiger partial charge on any atom is -0.310 e. The zero-order chi connectivity index (χ0) is 47.1. The summed E-state index contributed by atoms with van der Waals surface area (Å²) in [5.74, 6) is 0. The van der Waals surface area contributed by atoms with Gasteiger partial charge in [0.15, 0.2) is 0 Å². The second kappa shape index (κ2) is 17.7. The van der Waals surface area contributed by atoms with Crippen LogP contribution in [0.25, 0.3) is 72.4 Å². The van der Waals surface area contributed by atoms with Gasteiger partial charge in [-0.15, -0.1) is 0 Å². The predicted octanol–water partition coefficient (Wildman–Crippen LogP) is 18.1. The number of rotatable bonds is 10. The van der Waals surface area contributed by atoms with E-state index in [1.807, 2.05) is 0 Å². The fourth-order valence-corrected chi connectivity index (χ4v) is 11.3. The fourth-order valence-electron chi connectivity index (χ4n) is 11.3. The quantitative estimate of drug-likeness (QED) is 0.133. The van der Waals surface area contributed by atoms with Gasteiger partial charge in [0.1, 0.15) is 0 Å². The largest absolute Gasteiger partial charge is 0.310 e. The SMILES string of the molecule is c1ccc(-c2ccc(N(c3ccc(-c4ccccc4)cc3)c3ccc4c(c3)C(c3ccccc3)(c3ccccc3)c3cc(-n5c(-c6ccccc6)c(-c6ccccc6)c6ccccc65)ccc3-4)cc2)cc1. The van der Waals surface area contributed by atoms with Gasteiger partial charge < -0.3 is 9.47 Å². The van der Waals surface area contributed by atoms with Crippen molar-refractivity contribution in [3.63, 3.8) is 0 Å². The minimum atomic E-state index is -0.669. The van der Waals surface area contributed by atoms with Gasteiger partial charge in [-0.1, -0.05) is 237 Å². The Labute approximate surface area is 415 Å². The molecule has 0 bridgehead atoms. The van der Waals surface area contributed by atoms with E-state index in [-0.39, 0.29) is 0 Å². The predicted molar refractivity (Wildman–Crippen MR) is 297 cm³/mol. The molecule has 2 nitrogen and oxygen atoms in total. The number of benzene rings is 11. The van der Waals surface area contributed by atoms with E-state index in [1.54, 1.807) is 0 Å². The van der Waals surface area contributed by atoms with Crippen molar-refractivity contribution in [3.05, 3.63) is 313 Å². The summed E-state index contributed by atoms with van der Waals surface area (Å²) in [6.07, 6.45) is 0. The van der Waals surface area contributed by atoms with Crippen LogP contribution in [0.5, 0.6) is 0 Å². The number of fused-ring (bicyclic) bond motifs is 4. The molecule has 0 saturated carbocycles. The van der Waals surface area contributed by atoms with Crippen molar-refractivity contribution < 1.29 is 0 Å². The van der Waals surface area contributed by atoms with Crippen LogP contribution in [0, 0.1) is 0 Å². The van der Waals surface area contributed by atoms with Crippen LogP contribution in [0.1, 0.15) is 22.3 Å². The molecule has 1 aliphatic rings. The topological polar surface area (TPSA) is 8.17 Å². The third-order valence-electron chi connectivity index (χ3n) is 14.5.